The van der Waals surface area contributed by atoms with Gasteiger partial charge in [-0.25, -0.2) is 0 Å². The van der Waals surface area contributed by atoms with Crippen molar-refractivity contribution in [3.8, 4) is 0 Å². The van der Waals surface area contributed by atoms with Crippen LogP contribution in [-0.2, 0) is 6.42 Å². The number of nitrogens with two attached hydrogens (primary N) is 1. The fraction of sp³-hybridized carbons (Fsp3) is 0.538. The predicted octanol–water partition coefficient (Wildman–Crippen LogP) is 1.87. The van der Waals surface area contributed by atoms with Gasteiger partial charge in [0, 0.05) is 37.3 Å². The van der Waals surface area contributed by atoms with E-state index in [0.717, 1.165) is 31.7 Å². The van der Waals surface area contributed by atoms with Crippen molar-refractivity contribution in [2.45, 2.75) is 20.3 Å². The Morgan fingerprint density at radius 1 is 1.53 bits per heavy atom. The van der Waals surface area contributed by atoms with Crippen LogP contribution in [0.25, 0.3) is 0 Å². The van der Waals surface area contributed by atoms with E-state index in [1.54, 1.807) is 0 Å². The minimum Gasteiger partial charge on any atom is -0.393 e. The highest BCUT2D eigenvalue weighted by molar-refractivity contribution is 7.80. The monoisotopic (exact) mass is 251 g/mol. The van der Waals surface area contributed by atoms with Gasteiger partial charge in [0.1, 0.15) is 0 Å². The van der Waals surface area contributed by atoms with Crippen LogP contribution in [0.3, 0.4) is 0 Å². The highest BCUT2D eigenvalue weighted by atomic mass is 32.1. The van der Waals surface area contributed by atoms with Gasteiger partial charge in [-0.1, -0.05) is 32.1 Å². The number of nitrogens with zero attached hydrogens (tertiary/aromatic N) is 2. The Bertz CT molecular complexity index is 340. The van der Waals surface area contributed by atoms with Crippen LogP contribution < -0.4 is 5.73 Å². The van der Waals surface area contributed by atoms with E-state index in [1.165, 1.54) is 0 Å². The molecule has 1 heterocycles. The van der Waals surface area contributed by atoms with Crippen LogP contribution in [0.2, 0.25) is 0 Å². The van der Waals surface area contributed by atoms with Crippen LogP contribution in [0, 0.1) is 5.92 Å². The summed E-state index contributed by atoms with van der Waals surface area (Å²) < 4.78 is 0. The van der Waals surface area contributed by atoms with Gasteiger partial charge in [0.05, 0.1) is 4.99 Å². The van der Waals surface area contributed by atoms with Crippen LogP contribution in [0.1, 0.15) is 19.5 Å². The van der Waals surface area contributed by atoms with Gasteiger partial charge >= 0.3 is 0 Å². The number of rotatable bonds is 7. The maximum absolute atomic E-state index is 5.64. The second-order valence-electron chi connectivity index (χ2n) is 4.27. The Labute approximate surface area is 109 Å². The molecule has 4 heteroatoms. The quantitative estimate of drug-likeness (QED) is 0.751. The molecule has 1 atom stereocenters. The van der Waals surface area contributed by atoms with Crippen LogP contribution in [0.15, 0.2) is 24.4 Å². The Balaban J connectivity index is 2.40. The smallest absolute Gasteiger partial charge is 0.0768 e. The molecule has 0 saturated carbocycles. The summed E-state index contributed by atoms with van der Waals surface area (Å²) in [5, 5.41) is 0. The van der Waals surface area contributed by atoms with Gasteiger partial charge in [-0.15, -0.1) is 0 Å². The van der Waals surface area contributed by atoms with Gasteiger partial charge in [-0.05, 0) is 18.7 Å². The van der Waals surface area contributed by atoms with Gasteiger partial charge in [0.15, 0.2) is 0 Å². The molecule has 1 aromatic rings. The molecule has 0 fully saturated rings. The van der Waals surface area contributed by atoms with Crippen LogP contribution in [-0.4, -0.2) is 34.5 Å². The van der Waals surface area contributed by atoms with Gasteiger partial charge in [0.25, 0.3) is 0 Å². The van der Waals surface area contributed by atoms with Crippen molar-refractivity contribution in [2.75, 3.05) is 19.6 Å². The Morgan fingerprint density at radius 3 is 2.82 bits per heavy atom. The molecular weight excluding hydrogens is 230 g/mol. The van der Waals surface area contributed by atoms with Crippen LogP contribution >= 0.6 is 12.2 Å². The first-order chi connectivity index (χ1) is 8.13. The molecule has 0 spiro atoms. The van der Waals surface area contributed by atoms with Crippen molar-refractivity contribution in [3.05, 3.63) is 30.1 Å². The summed E-state index contributed by atoms with van der Waals surface area (Å²) in [6.07, 6.45) is 2.81. The van der Waals surface area contributed by atoms with Gasteiger partial charge in [0.2, 0.25) is 0 Å². The molecule has 0 aliphatic rings. The van der Waals surface area contributed by atoms with E-state index in [2.05, 4.69) is 29.8 Å². The first-order valence-electron chi connectivity index (χ1n) is 6.05. The summed E-state index contributed by atoms with van der Waals surface area (Å²) in [5.74, 6) is 0.272. The number of aromatic nitrogens is 1. The van der Waals surface area contributed by atoms with Crippen molar-refractivity contribution >= 4 is 17.2 Å². The van der Waals surface area contributed by atoms with Crippen molar-refractivity contribution in [2.24, 2.45) is 11.7 Å². The van der Waals surface area contributed by atoms with E-state index in [4.69, 9.17) is 18.0 Å². The standard InChI is InChI=1S/C13H21N3S/c1-3-16(10-11(2)13(14)17)9-7-12-6-4-5-8-15-12/h4-6,8,11H,3,7,9-10H2,1-2H3,(H2,14,17). The van der Waals surface area contributed by atoms with Crippen molar-refractivity contribution in [1.29, 1.82) is 0 Å². The lowest BCUT2D eigenvalue weighted by Gasteiger charge is -2.23. The summed E-state index contributed by atoms with van der Waals surface area (Å²) in [6.45, 7) is 7.18. The molecule has 0 saturated heterocycles. The number of hydrogen-bond donors (Lipinski definition) is 1. The third-order valence-corrected chi connectivity index (χ3v) is 3.28. The molecule has 0 bridgehead atoms. The number of likely N-dealkylation sites (N-methyl/N-ethyl adjacent to an activating group) is 1. The van der Waals surface area contributed by atoms with Crippen molar-refractivity contribution < 1.29 is 0 Å². The zero-order chi connectivity index (χ0) is 12.7. The number of thiocarbonyl (C=S) groups is 1. The molecule has 2 N–H and O–H groups in total. The van der Waals surface area contributed by atoms with E-state index in [-0.39, 0.29) is 5.92 Å². The maximum atomic E-state index is 5.64. The van der Waals surface area contributed by atoms with Gasteiger partial charge < -0.3 is 10.6 Å². The third-order valence-electron chi connectivity index (χ3n) is 2.88. The lowest BCUT2D eigenvalue weighted by Crippen LogP contribution is -2.35. The Kier molecular flexibility index (Phi) is 6.08. The first-order valence-corrected chi connectivity index (χ1v) is 6.46. The molecular formula is C13H21N3S. The molecule has 0 radical (unpaired) electrons. The Hall–Kier alpha value is -1.00. The van der Waals surface area contributed by atoms with Crippen LogP contribution in [0.5, 0.6) is 0 Å². The summed E-state index contributed by atoms with van der Waals surface area (Å²) >= 11 is 5.00. The maximum Gasteiger partial charge on any atom is 0.0768 e. The number of hydrogen-bond acceptors (Lipinski definition) is 3. The molecule has 0 aliphatic carbocycles. The topological polar surface area (TPSA) is 42.2 Å². The first kappa shape index (κ1) is 14.1. The molecule has 0 aliphatic heterocycles. The van der Waals surface area contributed by atoms with Crippen molar-refractivity contribution in [1.82, 2.24) is 9.88 Å². The minimum absolute atomic E-state index is 0.272. The molecule has 0 aromatic carbocycles. The normalized spacial score (nSPS) is 12.6. The average Bonchev–Trinajstić information content (AvgIpc) is 2.35. The second kappa shape index (κ2) is 7.35. The Morgan fingerprint density at radius 2 is 2.29 bits per heavy atom. The van der Waals surface area contributed by atoms with Crippen LogP contribution in [0.4, 0.5) is 0 Å². The summed E-state index contributed by atoms with van der Waals surface area (Å²) in [4.78, 5) is 7.28. The predicted molar refractivity (Wildman–Crippen MR) is 76.0 cm³/mol. The molecule has 1 unspecified atom stereocenters. The molecule has 1 aromatic heterocycles. The summed E-state index contributed by atoms with van der Waals surface area (Å²) in [5.41, 5.74) is 6.77. The number of pyridine rings is 1. The lowest BCUT2D eigenvalue weighted by atomic mass is 10.1. The minimum atomic E-state index is 0.272. The average molecular weight is 251 g/mol. The SMILES string of the molecule is CCN(CCc1ccccn1)CC(C)C(N)=S. The largest absolute Gasteiger partial charge is 0.393 e. The van der Waals surface area contributed by atoms with Gasteiger partial charge in [-0.2, -0.15) is 0 Å². The fourth-order valence-electron chi connectivity index (χ4n) is 1.67. The van der Waals surface area contributed by atoms with E-state index >= 15 is 0 Å². The molecule has 1 rings (SSSR count). The highest BCUT2D eigenvalue weighted by Crippen LogP contribution is 2.03. The fourth-order valence-corrected chi connectivity index (χ4v) is 1.75. The zero-order valence-electron chi connectivity index (χ0n) is 10.6. The molecule has 0 amide bonds. The summed E-state index contributed by atoms with van der Waals surface area (Å²) in [6, 6.07) is 6.02. The third kappa shape index (κ3) is 5.24. The highest BCUT2D eigenvalue weighted by Gasteiger charge is 2.10. The van der Waals surface area contributed by atoms with E-state index < -0.39 is 0 Å². The molecule has 3 nitrogen and oxygen atoms in total. The summed E-state index contributed by atoms with van der Waals surface area (Å²) in [7, 11) is 0. The molecule has 94 valence electrons. The molecule has 17 heavy (non-hydrogen) atoms. The van der Waals surface area contributed by atoms with Gasteiger partial charge in [-0.3, -0.25) is 4.98 Å². The second-order valence-corrected chi connectivity index (χ2v) is 4.74. The van der Waals surface area contributed by atoms with Crippen molar-refractivity contribution in [3.63, 3.8) is 0 Å². The van der Waals surface area contributed by atoms with E-state index in [1.807, 2.05) is 18.3 Å². The zero-order valence-corrected chi connectivity index (χ0v) is 11.4. The lowest BCUT2D eigenvalue weighted by molar-refractivity contribution is 0.275. The van der Waals surface area contributed by atoms with E-state index in [9.17, 15) is 0 Å². The van der Waals surface area contributed by atoms with E-state index in [0.29, 0.717) is 4.99 Å².